The van der Waals surface area contributed by atoms with Crippen molar-refractivity contribution >= 4 is 28.8 Å². The van der Waals surface area contributed by atoms with Crippen molar-refractivity contribution in [2.75, 3.05) is 13.2 Å². The van der Waals surface area contributed by atoms with E-state index in [1.165, 1.54) is 0 Å². The number of nitrogens with zero attached hydrogens (tertiary/aromatic N) is 3. The summed E-state index contributed by atoms with van der Waals surface area (Å²) in [5.41, 5.74) is 4.82. The minimum Gasteiger partial charge on any atom is -0.381 e. The Morgan fingerprint density at radius 1 is 1.17 bits per heavy atom. The molecule has 4 nitrogen and oxygen atoms in total. The Hall–Kier alpha value is -1.62. The summed E-state index contributed by atoms with van der Waals surface area (Å²) >= 11 is 12.4. The molecule has 0 radical (unpaired) electrons. The lowest BCUT2D eigenvalue weighted by Crippen LogP contribution is -2.01. The molecule has 3 rings (SSSR count). The number of halogens is 2. The van der Waals surface area contributed by atoms with Crippen molar-refractivity contribution < 1.29 is 4.74 Å². The van der Waals surface area contributed by atoms with E-state index in [0.29, 0.717) is 23.3 Å². The Labute approximate surface area is 151 Å². The van der Waals surface area contributed by atoms with E-state index in [-0.39, 0.29) is 0 Å². The zero-order valence-corrected chi connectivity index (χ0v) is 15.2. The normalized spacial score (nSPS) is 11.3. The highest BCUT2D eigenvalue weighted by Gasteiger charge is 2.16. The first kappa shape index (κ1) is 17.2. The first-order valence-electron chi connectivity index (χ1n) is 8.04. The van der Waals surface area contributed by atoms with Crippen molar-refractivity contribution in [3.05, 3.63) is 51.8 Å². The summed E-state index contributed by atoms with van der Waals surface area (Å²) in [5.74, 6) is 0. The van der Waals surface area contributed by atoms with Crippen molar-refractivity contribution in [2.45, 2.75) is 26.7 Å². The van der Waals surface area contributed by atoms with Crippen LogP contribution < -0.4 is 0 Å². The van der Waals surface area contributed by atoms with Crippen molar-refractivity contribution in [3.8, 4) is 11.3 Å². The van der Waals surface area contributed by atoms with Crippen LogP contribution in [0.25, 0.3) is 16.9 Å². The second-order valence-electron chi connectivity index (χ2n) is 5.42. The molecule has 0 aliphatic rings. The van der Waals surface area contributed by atoms with Crippen molar-refractivity contribution in [2.24, 2.45) is 0 Å². The van der Waals surface area contributed by atoms with Crippen LogP contribution in [0.4, 0.5) is 0 Å². The van der Waals surface area contributed by atoms with Crippen LogP contribution in [0.2, 0.25) is 10.0 Å². The number of benzene rings is 1. The predicted octanol–water partition coefficient (Wildman–Crippen LogP) is 4.84. The van der Waals surface area contributed by atoms with Crippen LogP contribution in [0.3, 0.4) is 0 Å². The van der Waals surface area contributed by atoms with E-state index >= 15 is 0 Å². The zero-order valence-electron chi connectivity index (χ0n) is 13.7. The summed E-state index contributed by atoms with van der Waals surface area (Å²) in [4.78, 5) is 4.54. The summed E-state index contributed by atoms with van der Waals surface area (Å²) in [6.07, 6.45) is 3.44. The smallest absolute Gasteiger partial charge is 0.159 e. The van der Waals surface area contributed by atoms with Crippen LogP contribution in [0.1, 0.15) is 25.1 Å². The van der Waals surface area contributed by atoms with Crippen molar-refractivity contribution in [3.63, 3.8) is 0 Å². The quantitative estimate of drug-likeness (QED) is 0.588. The molecule has 3 aromatic rings. The van der Waals surface area contributed by atoms with Gasteiger partial charge in [0.25, 0.3) is 0 Å². The van der Waals surface area contributed by atoms with Gasteiger partial charge in [0, 0.05) is 35.4 Å². The largest absolute Gasteiger partial charge is 0.381 e. The fraction of sp³-hybridized carbons (Fsp3) is 0.333. The molecule has 2 heterocycles. The molecule has 24 heavy (non-hydrogen) atoms. The molecule has 0 amide bonds. The lowest BCUT2D eigenvalue weighted by Gasteiger charge is -2.07. The van der Waals surface area contributed by atoms with E-state index in [4.69, 9.17) is 33.0 Å². The molecular weight excluding hydrogens is 345 g/mol. The zero-order chi connectivity index (χ0) is 17.1. The average Bonchev–Trinajstić information content (AvgIpc) is 2.93. The third kappa shape index (κ3) is 3.27. The second kappa shape index (κ2) is 7.51. The topological polar surface area (TPSA) is 39.4 Å². The van der Waals surface area contributed by atoms with Gasteiger partial charge in [-0.2, -0.15) is 5.10 Å². The molecule has 0 aliphatic carbocycles. The number of ether oxygens (including phenoxy) is 1. The highest BCUT2D eigenvalue weighted by Crippen LogP contribution is 2.31. The molecule has 0 N–H and O–H groups in total. The first-order chi connectivity index (χ1) is 11.7. The summed E-state index contributed by atoms with van der Waals surface area (Å²) < 4.78 is 7.37. The van der Waals surface area contributed by atoms with Crippen LogP contribution in [-0.4, -0.2) is 27.8 Å². The van der Waals surface area contributed by atoms with Gasteiger partial charge in [0.15, 0.2) is 5.65 Å². The summed E-state index contributed by atoms with van der Waals surface area (Å²) in [6.45, 7) is 5.47. The van der Waals surface area contributed by atoms with Gasteiger partial charge in [0.2, 0.25) is 0 Å². The third-order valence-corrected chi connectivity index (χ3v) is 4.49. The summed E-state index contributed by atoms with van der Waals surface area (Å²) in [7, 11) is 0. The molecule has 0 bridgehead atoms. The monoisotopic (exact) mass is 363 g/mol. The van der Waals surface area contributed by atoms with Gasteiger partial charge in [0.05, 0.1) is 23.0 Å². The van der Waals surface area contributed by atoms with Gasteiger partial charge in [0.1, 0.15) is 0 Å². The molecule has 2 aromatic heterocycles. The van der Waals surface area contributed by atoms with Crippen LogP contribution in [0.5, 0.6) is 0 Å². The average molecular weight is 364 g/mol. The highest BCUT2D eigenvalue weighted by atomic mass is 35.5. The van der Waals surface area contributed by atoms with Gasteiger partial charge in [-0.05, 0) is 37.6 Å². The van der Waals surface area contributed by atoms with E-state index in [1.807, 2.05) is 29.6 Å². The molecule has 0 aliphatic heterocycles. The maximum Gasteiger partial charge on any atom is 0.159 e. The molecule has 0 saturated heterocycles. The molecule has 0 spiro atoms. The van der Waals surface area contributed by atoms with Crippen LogP contribution >= 0.6 is 23.2 Å². The second-order valence-corrected chi connectivity index (χ2v) is 6.26. The Morgan fingerprint density at radius 3 is 2.71 bits per heavy atom. The van der Waals surface area contributed by atoms with Gasteiger partial charge in [-0.1, -0.05) is 30.1 Å². The number of aromatic nitrogens is 3. The van der Waals surface area contributed by atoms with E-state index in [9.17, 15) is 0 Å². The molecule has 126 valence electrons. The fourth-order valence-corrected chi connectivity index (χ4v) is 3.30. The van der Waals surface area contributed by atoms with E-state index in [1.54, 1.807) is 12.3 Å². The SMILES string of the molecule is CCOCCc1c(CC)nn2c(-c3ccc(Cl)cc3Cl)ccnc12. The lowest BCUT2D eigenvalue weighted by molar-refractivity contribution is 0.151. The van der Waals surface area contributed by atoms with E-state index in [0.717, 1.165) is 41.0 Å². The fourth-order valence-electron chi connectivity index (χ4n) is 2.79. The summed E-state index contributed by atoms with van der Waals surface area (Å²) in [6, 6.07) is 7.40. The Bertz CT molecular complexity index is 861. The van der Waals surface area contributed by atoms with Gasteiger partial charge < -0.3 is 4.74 Å². The van der Waals surface area contributed by atoms with Crippen LogP contribution in [-0.2, 0) is 17.6 Å². The van der Waals surface area contributed by atoms with Crippen LogP contribution in [0, 0.1) is 0 Å². The molecule has 0 fully saturated rings. The van der Waals surface area contributed by atoms with Crippen LogP contribution in [0.15, 0.2) is 30.5 Å². The molecule has 6 heteroatoms. The maximum absolute atomic E-state index is 6.38. The van der Waals surface area contributed by atoms with Crippen molar-refractivity contribution in [1.82, 2.24) is 14.6 Å². The number of rotatable bonds is 6. The molecule has 0 unspecified atom stereocenters. The minimum absolute atomic E-state index is 0.597. The van der Waals surface area contributed by atoms with E-state index in [2.05, 4.69) is 11.9 Å². The Balaban J connectivity index is 2.13. The standard InChI is InChI=1S/C18H19Cl2N3O/c1-3-16-14(8-10-24-4-2)18-21-9-7-17(23(18)22-16)13-6-5-12(19)11-15(13)20/h5-7,9,11H,3-4,8,10H2,1-2H3. The van der Waals surface area contributed by atoms with Gasteiger partial charge in [-0.25, -0.2) is 9.50 Å². The predicted molar refractivity (Wildman–Crippen MR) is 98.0 cm³/mol. The van der Waals surface area contributed by atoms with Crippen molar-refractivity contribution in [1.29, 1.82) is 0 Å². The number of hydrogen-bond acceptors (Lipinski definition) is 3. The molecule has 1 aromatic carbocycles. The lowest BCUT2D eigenvalue weighted by atomic mass is 10.1. The third-order valence-electron chi connectivity index (χ3n) is 3.94. The Kier molecular flexibility index (Phi) is 5.39. The Morgan fingerprint density at radius 2 is 2.00 bits per heavy atom. The van der Waals surface area contributed by atoms with Gasteiger partial charge in [-0.3, -0.25) is 0 Å². The van der Waals surface area contributed by atoms with E-state index < -0.39 is 0 Å². The number of hydrogen-bond donors (Lipinski definition) is 0. The molecule has 0 saturated carbocycles. The minimum atomic E-state index is 0.597. The maximum atomic E-state index is 6.38. The first-order valence-corrected chi connectivity index (χ1v) is 8.80. The van der Waals surface area contributed by atoms with Gasteiger partial charge >= 0.3 is 0 Å². The summed E-state index contributed by atoms with van der Waals surface area (Å²) in [5, 5.41) is 5.97. The number of aryl methyl sites for hydroxylation is 1. The number of fused-ring (bicyclic) bond motifs is 1. The molecule has 0 atom stereocenters. The highest BCUT2D eigenvalue weighted by molar-refractivity contribution is 6.36. The molecular formula is C18H19Cl2N3O. The van der Waals surface area contributed by atoms with Gasteiger partial charge in [-0.15, -0.1) is 0 Å².